The number of aryl methyl sites for hydroxylation is 2. The molecule has 1 N–H and O–H groups in total. The fraction of sp³-hybridized carbons (Fsp3) is 0.269. The number of nitrogens with zero attached hydrogens (tertiary/aromatic N) is 3. The zero-order chi connectivity index (χ0) is 26.0. The Morgan fingerprint density at radius 1 is 1.03 bits per heavy atom. The number of rotatable bonds is 7. The smallest absolute Gasteiger partial charge is 0.416 e. The van der Waals surface area contributed by atoms with E-state index >= 15 is 0 Å². The third-order valence-corrected chi connectivity index (χ3v) is 5.58. The molecule has 0 saturated carbocycles. The third-order valence-electron chi connectivity index (χ3n) is 5.58. The van der Waals surface area contributed by atoms with Crippen molar-refractivity contribution in [1.82, 2.24) is 14.6 Å². The van der Waals surface area contributed by atoms with Gasteiger partial charge in [0.15, 0.2) is 17.1 Å². The number of carbonyl (C=O) groups excluding carboxylic acids is 1. The fourth-order valence-corrected chi connectivity index (χ4v) is 3.94. The summed E-state index contributed by atoms with van der Waals surface area (Å²) >= 11 is 0. The highest BCUT2D eigenvalue weighted by atomic mass is 19.4. The largest absolute Gasteiger partial charge is 0.490 e. The van der Waals surface area contributed by atoms with Crippen LogP contribution in [0.3, 0.4) is 0 Å². The normalized spacial score (nSPS) is 11.5. The number of nitrogens with one attached hydrogen (secondary N) is 1. The van der Waals surface area contributed by atoms with Gasteiger partial charge in [-0.05, 0) is 63.6 Å². The maximum Gasteiger partial charge on any atom is 0.416 e. The number of carbonyl (C=O) groups is 1. The SMILES string of the molecule is CCOc1ccc(-c2c(C)nn3c(C)c(C(=O)Nc4cccc(C(F)(F)F)c4)cnc23)cc1OCC. The van der Waals surface area contributed by atoms with E-state index in [1.165, 1.54) is 18.3 Å². The number of benzene rings is 2. The Morgan fingerprint density at radius 2 is 1.75 bits per heavy atom. The van der Waals surface area contributed by atoms with Crippen molar-refractivity contribution in [2.24, 2.45) is 0 Å². The lowest BCUT2D eigenvalue weighted by molar-refractivity contribution is -0.137. The first kappa shape index (κ1) is 25.0. The van der Waals surface area contributed by atoms with Gasteiger partial charge in [0.25, 0.3) is 5.91 Å². The topological polar surface area (TPSA) is 77.8 Å². The molecule has 0 radical (unpaired) electrons. The second-order valence-corrected chi connectivity index (χ2v) is 8.01. The van der Waals surface area contributed by atoms with E-state index < -0.39 is 17.6 Å². The van der Waals surface area contributed by atoms with E-state index in [0.29, 0.717) is 41.7 Å². The van der Waals surface area contributed by atoms with Crippen molar-refractivity contribution in [2.75, 3.05) is 18.5 Å². The van der Waals surface area contributed by atoms with Crippen LogP contribution in [0.2, 0.25) is 0 Å². The first-order valence-corrected chi connectivity index (χ1v) is 11.4. The van der Waals surface area contributed by atoms with Crippen LogP contribution in [-0.4, -0.2) is 33.7 Å². The highest BCUT2D eigenvalue weighted by molar-refractivity contribution is 6.05. The lowest BCUT2D eigenvalue weighted by atomic mass is 10.1. The van der Waals surface area contributed by atoms with Gasteiger partial charge in [-0.1, -0.05) is 12.1 Å². The van der Waals surface area contributed by atoms with Gasteiger partial charge in [-0.3, -0.25) is 4.79 Å². The van der Waals surface area contributed by atoms with Crippen LogP contribution in [0, 0.1) is 13.8 Å². The molecule has 2 aromatic heterocycles. The van der Waals surface area contributed by atoms with Crippen LogP contribution in [0.15, 0.2) is 48.7 Å². The Balaban J connectivity index is 1.70. The van der Waals surface area contributed by atoms with Gasteiger partial charge in [-0.2, -0.15) is 18.3 Å². The minimum Gasteiger partial charge on any atom is -0.490 e. The molecule has 2 heterocycles. The molecule has 188 valence electrons. The molecule has 7 nitrogen and oxygen atoms in total. The maximum absolute atomic E-state index is 13.0. The van der Waals surface area contributed by atoms with E-state index in [9.17, 15) is 18.0 Å². The first-order valence-electron chi connectivity index (χ1n) is 11.4. The van der Waals surface area contributed by atoms with E-state index in [1.54, 1.807) is 11.4 Å². The molecule has 1 amide bonds. The van der Waals surface area contributed by atoms with Crippen molar-refractivity contribution in [3.63, 3.8) is 0 Å². The lowest BCUT2D eigenvalue weighted by Crippen LogP contribution is -2.16. The monoisotopic (exact) mass is 498 g/mol. The van der Waals surface area contributed by atoms with Gasteiger partial charge >= 0.3 is 6.18 Å². The van der Waals surface area contributed by atoms with Crippen LogP contribution < -0.4 is 14.8 Å². The third kappa shape index (κ3) is 4.84. The summed E-state index contributed by atoms with van der Waals surface area (Å²) in [5.74, 6) is 0.648. The van der Waals surface area contributed by atoms with E-state index in [4.69, 9.17) is 9.47 Å². The predicted octanol–water partition coefficient (Wildman–Crippen LogP) is 6.08. The molecule has 0 aliphatic carbocycles. The number of alkyl halides is 3. The molecule has 0 aliphatic rings. The van der Waals surface area contributed by atoms with Crippen molar-refractivity contribution >= 4 is 17.2 Å². The molecule has 0 bridgehead atoms. The highest BCUT2D eigenvalue weighted by Gasteiger charge is 2.30. The standard InChI is InChI=1S/C26H25F3N4O3/c1-5-35-21-11-10-17(12-22(21)36-6-2)23-15(3)32-33-16(4)20(14-30-24(23)33)25(34)31-19-9-7-8-18(13-19)26(27,28)29/h7-14H,5-6H2,1-4H3,(H,31,34). The van der Waals surface area contributed by atoms with Gasteiger partial charge in [0, 0.05) is 17.4 Å². The summed E-state index contributed by atoms with van der Waals surface area (Å²) < 4.78 is 52.0. The zero-order valence-electron chi connectivity index (χ0n) is 20.2. The van der Waals surface area contributed by atoms with E-state index in [2.05, 4.69) is 15.4 Å². The molecule has 4 rings (SSSR count). The van der Waals surface area contributed by atoms with Gasteiger partial charge in [0.1, 0.15) is 0 Å². The highest BCUT2D eigenvalue weighted by Crippen LogP contribution is 2.36. The minimum absolute atomic E-state index is 0.0319. The number of hydrogen-bond acceptors (Lipinski definition) is 5. The summed E-state index contributed by atoms with van der Waals surface area (Å²) in [6.07, 6.45) is -3.11. The van der Waals surface area contributed by atoms with E-state index in [-0.39, 0.29) is 11.3 Å². The Kier molecular flexibility index (Phi) is 6.87. The Bertz CT molecular complexity index is 1430. The second-order valence-electron chi connectivity index (χ2n) is 8.01. The summed E-state index contributed by atoms with van der Waals surface area (Å²) in [5.41, 5.74) is 2.68. The van der Waals surface area contributed by atoms with Crippen molar-refractivity contribution < 1.29 is 27.4 Å². The lowest BCUT2D eigenvalue weighted by Gasteiger charge is -2.13. The number of ether oxygens (including phenoxy) is 2. The fourth-order valence-electron chi connectivity index (χ4n) is 3.94. The Morgan fingerprint density at radius 3 is 2.44 bits per heavy atom. The van der Waals surface area contributed by atoms with Crippen LogP contribution in [0.4, 0.5) is 18.9 Å². The molecular formula is C26H25F3N4O3. The predicted molar refractivity (Wildman–Crippen MR) is 130 cm³/mol. The molecule has 10 heteroatoms. The molecular weight excluding hydrogens is 473 g/mol. The molecule has 0 saturated heterocycles. The van der Waals surface area contributed by atoms with Gasteiger partial charge < -0.3 is 14.8 Å². The van der Waals surface area contributed by atoms with Crippen LogP contribution in [0.1, 0.15) is 41.2 Å². The van der Waals surface area contributed by atoms with Crippen LogP contribution in [0.5, 0.6) is 11.5 Å². The van der Waals surface area contributed by atoms with Gasteiger partial charge in [-0.15, -0.1) is 0 Å². The second kappa shape index (κ2) is 9.88. The molecule has 0 spiro atoms. The van der Waals surface area contributed by atoms with Gasteiger partial charge in [-0.25, -0.2) is 9.50 Å². The Hall–Kier alpha value is -4.08. The average molecular weight is 499 g/mol. The summed E-state index contributed by atoms with van der Waals surface area (Å²) in [5, 5.41) is 7.09. The number of amides is 1. The van der Waals surface area contributed by atoms with Crippen molar-refractivity contribution in [3.8, 4) is 22.6 Å². The van der Waals surface area contributed by atoms with Crippen molar-refractivity contribution in [2.45, 2.75) is 33.9 Å². The maximum atomic E-state index is 13.0. The minimum atomic E-state index is -4.51. The Labute approximate surface area is 205 Å². The van der Waals surface area contributed by atoms with Crippen LogP contribution >= 0.6 is 0 Å². The first-order chi connectivity index (χ1) is 17.1. The van der Waals surface area contributed by atoms with Crippen LogP contribution in [-0.2, 0) is 6.18 Å². The number of fused-ring (bicyclic) bond motifs is 1. The molecule has 0 unspecified atom stereocenters. The molecule has 0 atom stereocenters. The molecule has 2 aromatic carbocycles. The summed E-state index contributed by atoms with van der Waals surface area (Å²) in [7, 11) is 0. The molecule has 0 aliphatic heterocycles. The molecule has 36 heavy (non-hydrogen) atoms. The van der Waals surface area contributed by atoms with E-state index in [1.807, 2.05) is 39.0 Å². The van der Waals surface area contributed by atoms with Crippen molar-refractivity contribution in [3.05, 3.63) is 71.2 Å². The zero-order valence-corrected chi connectivity index (χ0v) is 20.2. The van der Waals surface area contributed by atoms with Gasteiger partial charge in [0.2, 0.25) is 0 Å². The number of aromatic nitrogens is 3. The summed E-state index contributed by atoms with van der Waals surface area (Å²) in [4.78, 5) is 17.4. The summed E-state index contributed by atoms with van der Waals surface area (Å²) in [6, 6.07) is 10.1. The van der Waals surface area contributed by atoms with Crippen LogP contribution in [0.25, 0.3) is 16.8 Å². The van der Waals surface area contributed by atoms with Gasteiger partial charge in [0.05, 0.1) is 35.7 Å². The average Bonchev–Trinajstić information content (AvgIpc) is 3.17. The number of halogens is 3. The summed E-state index contributed by atoms with van der Waals surface area (Å²) in [6.45, 7) is 8.30. The number of anilines is 1. The van der Waals surface area contributed by atoms with E-state index in [0.717, 1.165) is 23.3 Å². The van der Waals surface area contributed by atoms with Crippen molar-refractivity contribution in [1.29, 1.82) is 0 Å². The molecule has 0 fully saturated rings. The quantitative estimate of drug-likeness (QED) is 0.334. The molecule has 4 aromatic rings. The number of hydrogen-bond donors (Lipinski definition) is 1.